The number of nitrogens with zero attached hydrogens (tertiary/aromatic N) is 1. The molecule has 7 heteroatoms. The fraction of sp³-hybridized carbons (Fsp3) is 0.545. The van der Waals surface area contributed by atoms with Crippen LogP contribution in [0.4, 0.5) is 0 Å². The Bertz CT molecular complexity index is 948. The highest BCUT2D eigenvalue weighted by Gasteiger charge is 2.27. The molecule has 1 aromatic heterocycles. The van der Waals surface area contributed by atoms with E-state index in [1.807, 2.05) is 30.5 Å². The third kappa shape index (κ3) is 5.26. The maximum absolute atomic E-state index is 12.4. The molecule has 2 heterocycles. The van der Waals surface area contributed by atoms with Crippen LogP contribution in [0.15, 0.2) is 36.7 Å². The van der Waals surface area contributed by atoms with Crippen molar-refractivity contribution in [3.63, 3.8) is 0 Å². The van der Waals surface area contributed by atoms with Gasteiger partial charge in [0.15, 0.2) is 0 Å². The van der Waals surface area contributed by atoms with Gasteiger partial charge in [0.2, 0.25) is 5.91 Å². The zero-order chi connectivity index (χ0) is 20.3. The average Bonchev–Trinajstić information content (AvgIpc) is 2.71. The van der Waals surface area contributed by atoms with Crippen molar-refractivity contribution in [1.29, 1.82) is 0 Å². The van der Waals surface area contributed by atoms with Crippen LogP contribution in [0, 0.1) is 5.92 Å². The summed E-state index contributed by atoms with van der Waals surface area (Å²) in [4.78, 5) is 16.5. The first-order valence-electron chi connectivity index (χ1n) is 10.5. The lowest BCUT2D eigenvalue weighted by molar-refractivity contribution is -0.123. The van der Waals surface area contributed by atoms with Gasteiger partial charge in [-0.1, -0.05) is 12.1 Å². The molecule has 0 spiro atoms. The molecule has 0 atom stereocenters. The molecule has 6 nitrogen and oxygen atoms in total. The Morgan fingerprint density at radius 1 is 1.07 bits per heavy atom. The summed E-state index contributed by atoms with van der Waals surface area (Å²) in [7, 11) is -2.87. The zero-order valence-electron chi connectivity index (χ0n) is 16.5. The normalized spacial score (nSPS) is 24.8. The quantitative estimate of drug-likeness (QED) is 0.809. The smallest absolute Gasteiger partial charge is 0.220 e. The number of nitrogens with one attached hydrogen (secondary N) is 1. The van der Waals surface area contributed by atoms with Crippen LogP contribution in [0.25, 0.3) is 10.8 Å². The van der Waals surface area contributed by atoms with Gasteiger partial charge in [-0.2, -0.15) is 0 Å². The number of benzene rings is 1. The number of rotatable bonds is 5. The fourth-order valence-electron chi connectivity index (χ4n) is 4.39. The van der Waals surface area contributed by atoms with Crippen molar-refractivity contribution < 1.29 is 17.9 Å². The lowest BCUT2D eigenvalue weighted by Crippen LogP contribution is -2.40. The number of sulfone groups is 1. The monoisotopic (exact) mass is 416 g/mol. The molecule has 2 aliphatic rings. The van der Waals surface area contributed by atoms with E-state index in [-0.39, 0.29) is 35.5 Å². The van der Waals surface area contributed by atoms with Crippen molar-refractivity contribution in [1.82, 2.24) is 10.3 Å². The standard InChI is InChI=1S/C22H28N2O4S/c25-22(14-16-9-12-29(26,27)13-10-16)24-18-4-6-19(7-5-18)28-21-3-1-2-17-15-23-11-8-20(17)21/h1-3,8,11,15-16,18-19H,4-7,9-10,12-14H2,(H,24,25). The number of pyridine rings is 1. The Kier molecular flexibility index (Phi) is 6.04. The number of carbonyl (C=O) groups excluding carboxylic acids is 1. The van der Waals surface area contributed by atoms with Gasteiger partial charge in [0.25, 0.3) is 0 Å². The minimum atomic E-state index is -2.87. The fourth-order valence-corrected chi connectivity index (χ4v) is 5.98. The summed E-state index contributed by atoms with van der Waals surface area (Å²) in [6, 6.07) is 8.19. The number of ether oxygens (including phenoxy) is 1. The van der Waals surface area contributed by atoms with Crippen molar-refractivity contribution in [2.45, 2.75) is 57.1 Å². The van der Waals surface area contributed by atoms with E-state index in [9.17, 15) is 13.2 Å². The zero-order valence-corrected chi connectivity index (χ0v) is 17.4. The first-order valence-corrected chi connectivity index (χ1v) is 12.3. The van der Waals surface area contributed by atoms with E-state index in [2.05, 4.69) is 10.3 Å². The summed E-state index contributed by atoms with van der Waals surface area (Å²) in [6.07, 6.45) is 9.07. The molecule has 2 aromatic rings. The first kappa shape index (κ1) is 20.1. The number of carbonyl (C=O) groups is 1. The van der Waals surface area contributed by atoms with Crippen molar-refractivity contribution in [2.24, 2.45) is 5.92 Å². The Labute approximate surface area is 172 Å². The summed E-state index contributed by atoms with van der Waals surface area (Å²) in [5.74, 6) is 1.58. The molecule has 1 saturated heterocycles. The molecular weight excluding hydrogens is 388 g/mol. The molecule has 0 unspecified atom stereocenters. The van der Waals surface area contributed by atoms with Gasteiger partial charge in [-0.25, -0.2) is 8.42 Å². The number of hydrogen-bond donors (Lipinski definition) is 1. The third-order valence-electron chi connectivity index (χ3n) is 6.12. The Balaban J connectivity index is 1.24. The van der Waals surface area contributed by atoms with Crippen molar-refractivity contribution in [2.75, 3.05) is 11.5 Å². The van der Waals surface area contributed by atoms with Crippen molar-refractivity contribution >= 4 is 26.5 Å². The molecule has 1 amide bonds. The summed E-state index contributed by atoms with van der Waals surface area (Å²) < 4.78 is 29.3. The SMILES string of the molecule is O=C(CC1CCS(=O)(=O)CC1)NC1CCC(Oc2cccc3cnccc23)CC1. The van der Waals surface area contributed by atoms with Gasteiger partial charge in [-0.3, -0.25) is 9.78 Å². The van der Waals surface area contributed by atoms with E-state index in [4.69, 9.17) is 4.74 Å². The Morgan fingerprint density at radius 3 is 2.59 bits per heavy atom. The molecular formula is C22H28N2O4S. The summed E-state index contributed by atoms with van der Waals surface area (Å²) in [6.45, 7) is 0. The molecule has 29 heavy (non-hydrogen) atoms. The second-order valence-corrected chi connectivity index (χ2v) is 10.6. The van der Waals surface area contributed by atoms with Gasteiger partial charge < -0.3 is 10.1 Å². The predicted octanol–water partition coefficient (Wildman–Crippen LogP) is 3.26. The minimum absolute atomic E-state index is 0.0558. The van der Waals surface area contributed by atoms with Crippen LogP contribution in [-0.4, -0.2) is 43.0 Å². The van der Waals surface area contributed by atoms with Crippen LogP contribution >= 0.6 is 0 Å². The minimum Gasteiger partial charge on any atom is -0.490 e. The second-order valence-electron chi connectivity index (χ2n) is 8.31. The molecule has 1 aromatic carbocycles. The number of hydrogen-bond acceptors (Lipinski definition) is 5. The van der Waals surface area contributed by atoms with Gasteiger partial charge in [-0.05, 0) is 56.6 Å². The van der Waals surface area contributed by atoms with Gasteiger partial charge >= 0.3 is 0 Å². The van der Waals surface area contributed by atoms with Crippen LogP contribution in [0.5, 0.6) is 5.75 Å². The largest absolute Gasteiger partial charge is 0.490 e. The molecule has 1 N–H and O–H groups in total. The van der Waals surface area contributed by atoms with E-state index in [1.165, 1.54) is 0 Å². The van der Waals surface area contributed by atoms with Crippen LogP contribution in [0.2, 0.25) is 0 Å². The van der Waals surface area contributed by atoms with E-state index < -0.39 is 9.84 Å². The Hall–Kier alpha value is -2.15. The number of fused-ring (bicyclic) bond motifs is 1. The molecule has 1 saturated carbocycles. The number of amides is 1. The van der Waals surface area contributed by atoms with E-state index in [0.29, 0.717) is 19.3 Å². The van der Waals surface area contributed by atoms with Crippen LogP contribution in [0.1, 0.15) is 44.9 Å². The molecule has 1 aliphatic carbocycles. The Morgan fingerprint density at radius 2 is 1.83 bits per heavy atom. The highest BCUT2D eigenvalue weighted by molar-refractivity contribution is 7.91. The molecule has 2 fully saturated rings. The second kappa shape index (κ2) is 8.69. The number of aromatic nitrogens is 1. The average molecular weight is 417 g/mol. The maximum atomic E-state index is 12.4. The molecule has 0 bridgehead atoms. The van der Waals surface area contributed by atoms with Crippen LogP contribution < -0.4 is 10.1 Å². The molecule has 0 radical (unpaired) electrons. The topological polar surface area (TPSA) is 85.4 Å². The highest BCUT2D eigenvalue weighted by atomic mass is 32.2. The van der Waals surface area contributed by atoms with Crippen molar-refractivity contribution in [3.05, 3.63) is 36.7 Å². The van der Waals surface area contributed by atoms with E-state index in [0.717, 1.165) is 42.2 Å². The highest BCUT2D eigenvalue weighted by Crippen LogP contribution is 2.29. The van der Waals surface area contributed by atoms with Gasteiger partial charge in [-0.15, -0.1) is 0 Å². The summed E-state index contributed by atoms with van der Waals surface area (Å²) >= 11 is 0. The van der Waals surface area contributed by atoms with E-state index in [1.54, 1.807) is 6.20 Å². The summed E-state index contributed by atoms with van der Waals surface area (Å²) in [5, 5.41) is 5.30. The van der Waals surface area contributed by atoms with E-state index >= 15 is 0 Å². The molecule has 156 valence electrons. The lowest BCUT2D eigenvalue weighted by Gasteiger charge is -2.30. The molecule has 1 aliphatic heterocycles. The predicted molar refractivity (Wildman–Crippen MR) is 113 cm³/mol. The van der Waals surface area contributed by atoms with Gasteiger partial charge in [0, 0.05) is 35.6 Å². The maximum Gasteiger partial charge on any atom is 0.220 e. The first-order chi connectivity index (χ1) is 14.0. The summed E-state index contributed by atoms with van der Waals surface area (Å²) in [5.41, 5.74) is 0. The lowest BCUT2D eigenvalue weighted by atomic mass is 9.92. The van der Waals surface area contributed by atoms with Gasteiger partial charge in [0.1, 0.15) is 15.6 Å². The molecule has 4 rings (SSSR count). The van der Waals surface area contributed by atoms with Gasteiger partial charge in [0.05, 0.1) is 17.6 Å². The van der Waals surface area contributed by atoms with Crippen LogP contribution in [-0.2, 0) is 14.6 Å². The van der Waals surface area contributed by atoms with Crippen LogP contribution in [0.3, 0.4) is 0 Å². The third-order valence-corrected chi connectivity index (χ3v) is 7.84. The van der Waals surface area contributed by atoms with Crippen molar-refractivity contribution in [3.8, 4) is 5.75 Å².